The molecule has 6 nitrogen and oxygen atoms in total. The largest absolute Gasteiger partial charge is 0.353 e. The van der Waals surface area contributed by atoms with Gasteiger partial charge in [-0.1, -0.05) is 12.1 Å². The molecule has 3 aromatic rings. The van der Waals surface area contributed by atoms with Gasteiger partial charge >= 0.3 is 0 Å². The maximum Gasteiger partial charge on any atom is 0.205 e. The van der Waals surface area contributed by atoms with Crippen LogP contribution in [-0.4, -0.2) is 38.7 Å². The summed E-state index contributed by atoms with van der Waals surface area (Å²) < 4.78 is 15.2. The van der Waals surface area contributed by atoms with Gasteiger partial charge in [-0.15, -0.1) is 0 Å². The summed E-state index contributed by atoms with van der Waals surface area (Å²) in [6.45, 7) is 2.60. The van der Waals surface area contributed by atoms with Crippen molar-refractivity contribution in [2.45, 2.75) is 25.4 Å². The van der Waals surface area contributed by atoms with Gasteiger partial charge in [-0.25, -0.2) is 19.3 Å². The Bertz CT molecular complexity index is 823. The highest BCUT2D eigenvalue weighted by Gasteiger charge is 2.18. The Morgan fingerprint density at radius 3 is 2.79 bits per heavy atom. The van der Waals surface area contributed by atoms with E-state index in [1.54, 1.807) is 18.3 Å². The lowest BCUT2D eigenvalue weighted by Crippen LogP contribution is -2.36. The molecular weight excluding hydrogens is 307 g/mol. The van der Waals surface area contributed by atoms with Gasteiger partial charge in [0.15, 0.2) is 5.65 Å². The molecule has 1 aromatic carbocycles. The number of imidazole rings is 1. The summed E-state index contributed by atoms with van der Waals surface area (Å²) in [4.78, 5) is 13.1. The predicted octanol–water partition coefficient (Wildman–Crippen LogP) is 2.18. The molecule has 124 valence electrons. The summed E-state index contributed by atoms with van der Waals surface area (Å²) in [7, 11) is 0. The van der Waals surface area contributed by atoms with E-state index < -0.39 is 0 Å². The van der Waals surface area contributed by atoms with E-state index in [1.807, 2.05) is 4.57 Å². The molecule has 0 bridgehead atoms. The van der Waals surface area contributed by atoms with Gasteiger partial charge in [0.2, 0.25) is 5.95 Å². The zero-order chi connectivity index (χ0) is 16.4. The first-order valence-electron chi connectivity index (χ1n) is 8.17. The number of halogens is 1. The van der Waals surface area contributed by atoms with Gasteiger partial charge < -0.3 is 10.6 Å². The van der Waals surface area contributed by atoms with Crippen LogP contribution in [0.2, 0.25) is 0 Å². The highest BCUT2D eigenvalue weighted by Crippen LogP contribution is 2.21. The van der Waals surface area contributed by atoms with Crippen molar-refractivity contribution in [3.63, 3.8) is 0 Å². The van der Waals surface area contributed by atoms with Crippen LogP contribution in [0.5, 0.6) is 0 Å². The van der Waals surface area contributed by atoms with E-state index in [0.29, 0.717) is 12.6 Å². The van der Waals surface area contributed by atoms with Crippen molar-refractivity contribution in [1.82, 2.24) is 24.8 Å². The third-order valence-electron chi connectivity index (χ3n) is 4.34. The molecule has 4 rings (SSSR count). The predicted molar refractivity (Wildman–Crippen MR) is 90.3 cm³/mol. The van der Waals surface area contributed by atoms with Crippen molar-refractivity contribution in [1.29, 1.82) is 0 Å². The topological polar surface area (TPSA) is 67.7 Å². The number of hydrogen-bond donors (Lipinski definition) is 2. The summed E-state index contributed by atoms with van der Waals surface area (Å²) in [5.74, 6) is 0.561. The van der Waals surface area contributed by atoms with Crippen molar-refractivity contribution >= 4 is 17.1 Å². The number of nitrogens with zero attached hydrogens (tertiary/aromatic N) is 4. The molecule has 0 radical (unpaired) electrons. The summed E-state index contributed by atoms with van der Waals surface area (Å²) in [6.07, 6.45) is 5.37. The minimum atomic E-state index is -0.232. The molecule has 0 amide bonds. The fourth-order valence-electron chi connectivity index (χ4n) is 3.06. The van der Waals surface area contributed by atoms with Gasteiger partial charge in [-0.2, -0.15) is 0 Å². The highest BCUT2D eigenvalue weighted by molar-refractivity contribution is 5.73. The van der Waals surface area contributed by atoms with Crippen LogP contribution in [0.1, 0.15) is 18.4 Å². The zero-order valence-electron chi connectivity index (χ0n) is 13.2. The standard InChI is InChI=1S/C17H19FN6/c18-13-3-1-12(2-4-13)10-24-16-15(9-20-11-21-16)23-17(24)22-14-5-7-19-8-6-14/h1-4,9,11,14,19H,5-8,10H2,(H,22,23). The normalized spacial score (nSPS) is 15.7. The number of rotatable bonds is 4. The second kappa shape index (κ2) is 6.52. The smallest absolute Gasteiger partial charge is 0.205 e. The average Bonchev–Trinajstić information content (AvgIpc) is 2.95. The lowest BCUT2D eigenvalue weighted by molar-refractivity contribution is 0.476. The van der Waals surface area contributed by atoms with Gasteiger partial charge in [0, 0.05) is 6.04 Å². The Balaban J connectivity index is 1.68. The molecule has 0 aliphatic carbocycles. The first-order chi connectivity index (χ1) is 11.8. The van der Waals surface area contributed by atoms with Crippen molar-refractivity contribution in [2.24, 2.45) is 0 Å². The van der Waals surface area contributed by atoms with E-state index in [1.165, 1.54) is 18.5 Å². The molecule has 2 aromatic heterocycles. The van der Waals surface area contributed by atoms with Crippen LogP contribution in [0.15, 0.2) is 36.8 Å². The van der Waals surface area contributed by atoms with Gasteiger partial charge in [0.25, 0.3) is 0 Å². The fourth-order valence-corrected chi connectivity index (χ4v) is 3.06. The van der Waals surface area contributed by atoms with Gasteiger partial charge in [0.1, 0.15) is 17.7 Å². The second-order valence-corrected chi connectivity index (χ2v) is 6.05. The van der Waals surface area contributed by atoms with Gasteiger partial charge in [-0.3, -0.25) is 4.57 Å². The van der Waals surface area contributed by atoms with Gasteiger partial charge in [0.05, 0.1) is 12.7 Å². The van der Waals surface area contributed by atoms with E-state index in [-0.39, 0.29) is 5.82 Å². The number of anilines is 1. The van der Waals surface area contributed by atoms with Crippen LogP contribution in [0.4, 0.5) is 10.3 Å². The molecule has 0 atom stereocenters. The molecule has 0 spiro atoms. The van der Waals surface area contributed by atoms with E-state index in [9.17, 15) is 4.39 Å². The Morgan fingerprint density at radius 1 is 1.21 bits per heavy atom. The number of hydrogen-bond acceptors (Lipinski definition) is 5. The molecule has 7 heteroatoms. The Hall–Kier alpha value is -2.54. The SMILES string of the molecule is Fc1ccc(Cn2c(NC3CCNCC3)nc3cncnc32)cc1. The molecule has 1 saturated heterocycles. The first-order valence-corrected chi connectivity index (χ1v) is 8.17. The summed E-state index contributed by atoms with van der Waals surface area (Å²) in [5.41, 5.74) is 2.55. The Kier molecular flexibility index (Phi) is 4.08. The number of nitrogens with one attached hydrogen (secondary N) is 2. The van der Waals surface area contributed by atoms with E-state index in [0.717, 1.165) is 48.6 Å². The molecule has 24 heavy (non-hydrogen) atoms. The maximum absolute atomic E-state index is 13.1. The van der Waals surface area contributed by atoms with E-state index in [4.69, 9.17) is 0 Å². The van der Waals surface area contributed by atoms with Crippen molar-refractivity contribution in [2.75, 3.05) is 18.4 Å². The molecule has 1 aliphatic rings. The second-order valence-electron chi connectivity index (χ2n) is 6.05. The average molecular weight is 326 g/mol. The fraction of sp³-hybridized carbons (Fsp3) is 0.353. The third kappa shape index (κ3) is 3.07. The van der Waals surface area contributed by atoms with Crippen molar-refractivity contribution < 1.29 is 4.39 Å². The molecule has 1 aliphatic heterocycles. The molecule has 0 saturated carbocycles. The summed E-state index contributed by atoms with van der Waals surface area (Å²) in [6, 6.07) is 6.92. The lowest BCUT2D eigenvalue weighted by Gasteiger charge is -2.24. The quantitative estimate of drug-likeness (QED) is 0.769. The number of benzene rings is 1. The number of fused-ring (bicyclic) bond motifs is 1. The van der Waals surface area contributed by atoms with Crippen LogP contribution in [-0.2, 0) is 6.54 Å². The number of aromatic nitrogens is 4. The van der Waals surface area contributed by atoms with Crippen molar-refractivity contribution in [3.05, 3.63) is 48.2 Å². The van der Waals surface area contributed by atoms with Crippen LogP contribution in [0.3, 0.4) is 0 Å². The highest BCUT2D eigenvalue weighted by atomic mass is 19.1. The molecule has 3 heterocycles. The summed E-state index contributed by atoms with van der Waals surface area (Å²) >= 11 is 0. The monoisotopic (exact) mass is 326 g/mol. The van der Waals surface area contributed by atoms with Crippen LogP contribution in [0.25, 0.3) is 11.2 Å². The van der Waals surface area contributed by atoms with E-state index in [2.05, 4.69) is 25.6 Å². The van der Waals surface area contributed by atoms with E-state index >= 15 is 0 Å². The van der Waals surface area contributed by atoms with Crippen molar-refractivity contribution in [3.8, 4) is 0 Å². The summed E-state index contributed by atoms with van der Waals surface area (Å²) in [5, 5.41) is 6.90. The number of piperidine rings is 1. The first kappa shape index (κ1) is 15.0. The zero-order valence-corrected chi connectivity index (χ0v) is 13.2. The third-order valence-corrected chi connectivity index (χ3v) is 4.34. The van der Waals surface area contributed by atoms with Crippen LogP contribution in [0, 0.1) is 5.82 Å². The molecule has 1 fully saturated rings. The minimum Gasteiger partial charge on any atom is -0.353 e. The van der Waals surface area contributed by atoms with Gasteiger partial charge in [-0.05, 0) is 43.6 Å². The van der Waals surface area contributed by atoms with Crippen LogP contribution >= 0.6 is 0 Å². The molecule has 0 unspecified atom stereocenters. The Labute approximate surface area is 139 Å². The molecule has 2 N–H and O–H groups in total. The lowest BCUT2D eigenvalue weighted by atomic mass is 10.1. The minimum absolute atomic E-state index is 0.232. The van der Waals surface area contributed by atoms with Crippen LogP contribution < -0.4 is 10.6 Å². The maximum atomic E-state index is 13.1. The Morgan fingerprint density at radius 2 is 2.00 bits per heavy atom. The molecular formula is C17H19FN6.